The topological polar surface area (TPSA) is 76.6 Å². The maximum Gasteiger partial charge on any atom is 0.345 e. The fourth-order valence-corrected chi connectivity index (χ4v) is 2.74. The van der Waals surface area contributed by atoms with Crippen molar-refractivity contribution in [2.45, 2.75) is 40.0 Å². The molecule has 2 amide bonds. The maximum atomic E-state index is 12.5. The van der Waals surface area contributed by atoms with Crippen molar-refractivity contribution in [1.29, 1.82) is 0 Å². The van der Waals surface area contributed by atoms with E-state index in [1.165, 1.54) is 11.3 Å². The fourth-order valence-electron chi connectivity index (χ4n) is 2.27. The zero-order valence-corrected chi connectivity index (χ0v) is 19.3. The van der Waals surface area contributed by atoms with E-state index in [-0.39, 0.29) is 6.03 Å². The minimum atomic E-state index is -0.284. The van der Waals surface area contributed by atoms with Crippen LogP contribution in [0.15, 0.2) is 33.6 Å². The summed E-state index contributed by atoms with van der Waals surface area (Å²) in [6.07, 6.45) is 4.27. The van der Waals surface area contributed by atoms with Gasteiger partial charge in [0.05, 0.1) is 19.3 Å². The predicted molar refractivity (Wildman–Crippen MR) is 116 cm³/mol. The van der Waals surface area contributed by atoms with Crippen molar-refractivity contribution in [3.63, 3.8) is 0 Å². The molecule has 0 bridgehead atoms. The number of hydrogen-bond donors (Lipinski definition) is 1. The number of unbranched alkanes of at least 4 members (excludes halogenated alkanes) is 1. The van der Waals surface area contributed by atoms with E-state index in [9.17, 15) is 4.79 Å². The number of carbonyl (C=O) groups excluding carboxylic acids is 1. The Bertz CT molecular complexity index is 805. The van der Waals surface area contributed by atoms with Crippen molar-refractivity contribution >= 4 is 43.6 Å². The van der Waals surface area contributed by atoms with Crippen LogP contribution in [-0.2, 0) is 4.84 Å². The second-order valence-electron chi connectivity index (χ2n) is 6.09. The molecular formula is C19H24Br2N4O3. The van der Waals surface area contributed by atoms with Gasteiger partial charge in [-0.05, 0) is 75.4 Å². The molecule has 0 spiro atoms. The van der Waals surface area contributed by atoms with Gasteiger partial charge in [-0.1, -0.05) is 20.3 Å². The molecule has 1 aromatic heterocycles. The number of rotatable bonds is 9. The van der Waals surface area contributed by atoms with Crippen LogP contribution in [0.3, 0.4) is 0 Å². The molecule has 152 valence electrons. The highest BCUT2D eigenvalue weighted by molar-refractivity contribution is 9.13. The molecule has 1 N–H and O–H groups in total. The van der Waals surface area contributed by atoms with Crippen molar-refractivity contribution in [1.82, 2.24) is 15.0 Å². The number of amides is 2. The van der Waals surface area contributed by atoms with Crippen molar-refractivity contribution in [2.24, 2.45) is 0 Å². The molecule has 0 unspecified atom stereocenters. The molecule has 0 radical (unpaired) electrons. The smallest absolute Gasteiger partial charge is 0.345 e. The Morgan fingerprint density at radius 3 is 2.64 bits per heavy atom. The SMILES string of the molecule is CCCCON(CCC)C(=O)Nc1ccc(Oc2cnc(Br)c(Br)n2)c(C)c1. The van der Waals surface area contributed by atoms with Crippen molar-refractivity contribution in [3.8, 4) is 11.6 Å². The number of urea groups is 1. The molecule has 1 aromatic carbocycles. The van der Waals surface area contributed by atoms with Gasteiger partial charge in [0.15, 0.2) is 0 Å². The number of aryl methyl sites for hydroxylation is 1. The highest BCUT2D eigenvalue weighted by Crippen LogP contribution is 2.28. The first kappa shape index (κ1) is 22.6. The number of carbonyl (C=O) groups is 1. The normalized spacial score (nSPS) is 10.6. The average molecular weight is 516 g/mol. The van der Waals surface area contributed by atoms with Gasteiger partial charge in [-0.15, -0.1) is 0 Å². The van der Waals surface area contributed by atoms with Gasteiger partial charge in [-0.3, -0.25) is 4.84 Å². The van der Waals surface area contributed by atoms with Crippen molar-refractivity contribution in [2.75, 3.05) is 18.5 Å². The number of benzene rings is 1. The molecule has 2 aromatic rings. The van der Waals surface area contributed by atoms with E-state index >= 15 is 0 Å². The Labute approximate surface area is 182 Å². The number of hydrogen-bond acceptors (Lipinski definition) is 5. The number of anilines is 1. The molecule has 0 fully saturated rings. The third-order valence-electron chi connectivity index (χ3n) is 3.71. The van der Waals surface area contributed by atoms with Crippen LogP contribution < -0.4 is 10.1 Å². The molecule has 0 atom stereocenters. The summed E-state index contributed by atoms with van der Waals surface area (Å²) in [6, 6.07) is 5.11. The average Bonchev–Trinajstić information content (AvgIpc) is 2.66. The number of nitrogens with one attached hydrogen (secondary N) is 1. The van der Waals surface area contributed by atoms with E-state index in [4.69, 9.17) is 9.57 Å². The van der Waals surface area contributed by atoms with Gasteiger partial charge < -0.3 is 10.1 Å². The lowest BCUT2D eigenvalue weighted by Gasteiger charge is -2.22. The Balaban J connectivity index is 2.03. The lowest BCUT2D eigenvalue weighted by molar-refractivity contribution is -0.114. The molecule has 0 aliphatic heterocycles. The number of hydroxylamine groups is 2. The minimum Gasteiger partial charge on any atom is -0.437 e. The Morgan fingerprint density at radius 1 is 1.21 bits per heavy atom. The van der Waals surface area contributed by atoms with E-state index in [1.54, 1.807) is 12.1 Å². The molecule has 0 aliphatic carbocycles. The monoisotopic (exact) mass is 514 g/mol. The maximum absolute atomic E-state index is 12.5. The highest BCUT2D eigenvalue weighted by atomic mass is 79.9. The van der Waals surface area contributed by atoms with Gasteiger partial charge in [0.2, 0.25) is 5.88 Å². The summed E-state index contributed by atoms with van der Waals surface area (Å²) in [6.45, 7) is 7.04. The van der Waals surface area contributed by atoms with Crippen LogP contribution in [0.25, 0.3) is 0 Å². The Hall–Kier alpha value is -1.71. The van der Waals surface area contributed by atoms with Crippen LogP contribution >= 0.6 is 31.9 Å². The fraction of sp³-hybridized carbons (Fsp3) is 0.421. The summed E-state index contributed by atoms with van der Waals surface area (Å²) >= 11 is 6.57. The first-order valence-electron chi connectivity index (χ1n) is 9.12. The van der Waals surface area contributed by atoms with Gasteiger partial charge in [0.1, 0.15) is 15.0 Å². The first-order chi connectivity index (χ1) is 13.4. The van der Waals surface area contributed by atoms with Gasteiger partial charge in [0, 0.05) is 5.69 Å². The molecule has 0 saturated carbocycles. The Kier molecular flexibility index (Phi) is 9.14. The number of nitrogens with zero attached hydrogens (tertiary/aromatic N) is 3. The quantitative estimate of drug-likeness (QED) is 0.323. The number of aromatic nitrogens is 2. The van der Waals surface area contributed by atoms with Crippen LogP contribution in [0, 0.1) is 6.92 Å². The third-order valence-corrected chi connectivity index (χ3v) is 5.37. The van der Waals surface area contributed by atoms with Crippen LogP contribution in [0.5, 0.6) is 11.6 Å². The summed E-state index contributed by atoms with van der Waals surface area (Å²) < 4.78 is 6.95. The standard InChI is InChI=1S/C19H24Br2N4O3/c1-4-6-10-27-25(9-5-2)19(26)23-14-7-8-15(13(3)11-14)28-16-12-22-17(20)18(21)24-16/h7-8,11-12H,4-6,9-10H2,1-3H3,(H,23,26). The Morgan fingerprint density at radius 2 is 2.00 bits per heavy atom. The molecule has 0 aliphatic rings. The summed E-state index contributed by atoms with van der Waals surface area (Å²) in [5, 5.41) is 4.25. The molecule has 0 saturated heterocycles. The van der Waals surface area contributed by atoms with Crippen molar-refractivity contribution in [3.05, 3.63) is 39.2 Å². The number of halogens is 2. The van der Waals surface area contributed by atoms with Gasteiger partial charge >= 0.3 is 6.03 Å². The molecule has 28 heavy (non-hydrogen) atoms. The van der Waals surface area contributed by atoms with E-state index in [1.807, 2.05) is 19.9 Å². The third kappa shape index (κ3) is 6.72. The summed E-state index contributed by atoms with van der Waals surface area (Å²) in [7, 11) is 0. The molecule has 2 rings (SSSR count). The van der Waals surface area contributed by atoms with Crippen LogP contribution in [0.2, 0.25) is 0 Å². The van der Waals surface area contributed by atoms with Gasteiger partial charge in [-0.25, -0.2) is 19.8 Å². The second kappa shape index (κ2) is 11.3. The molecular weight excluding hydrogens is 492 g/mol. The van der Waals surface area contributed by atoms with E-state index in [0.29, 0.717) is 39.7 Å². The van der Waals surface area contributed by atoms with Crippen LogP contribution in [0.1, 0.15) is 38.7 Å². The lowest BCUT2D eigenvalue weighted by atomic mass is 10.2. The zero-order chi connectivity index (χ0) is 20.5. The van der Waals surface area contributed by atoms with E-state index < -0.39 is 0 Å². The first-order valence-corrected chi connectivity index (χ1v) is 10.7. The van der Waals surface area contributed by atoms with Crippen LogP contribution in [0.4, 0.5) is 10.5 Å². The van der Waals surface area contributed by atoms with E-state index in [0.717, 1.165) is 24.8 Å². The summed E-state index contributed by atoms with van der Waals surface area (Å²) in [5.74, 6) is 1.000. The minimum absolute atomic E-state index is 0.284. The van der Waals surface area contributed by atoms with Gasteiger partial charge in [-0.2, -0.15) is 0 Å². The molecule has 9 heteroatoms. The highest BCUT2D eigenvalue weighted by Gasteiger charge is 2.14. The molecule has 7 nitrogen and oxygen atoms in total. The van der Waals surface area contributed by atoms with Gasteiger partial charge in [0.25, 0.3) is 0 Å². The van der Waals surface area contributed by atoms with Crippen molar-refractivity contribution < 1.29 is 14.4 Å². The lowest BCUT2D eigenvalue weighted by Crippen LogP contribution is -2.36. The summed E-state index contributed by atoms with van der Waals surface area (Å²) in [5.41, 5.74) is 1.52. The largest absolute Gasteiger partial charge is 0.437 e. The molecule has 1 heterocycles. The second-order valence-corrected chi connectivity index (χ2v) is 7.59. The predicted octanol–water partition coefficient (Wildman–Crippen LogP) is 6.08. The van der Waals surface area contributed by atoms with Crippen LogP contribution in [-0.4, -0.2) is 34.2 Å². The zero-order valence-electron chi connectivity index (χ0n) is 16.2. The number of ether oxygens (including phenoxy) is 1. The summed E-state index contributed by atoms with van der Waals surface area (Å²) in [4.78, 5) is 26.5. The van der Waals surface area contributed by atoms with E-state index in [2.05, 4.69) is 54.1 Å².